The molecule has 0 unspecified atom stereocenters. The molecule has 5 nitrogen and oxygen atoms in total. The van der Waals surface area contributed by atoms with E-state index in [2.05, 4.69) is 4.90 Å². The third kappa shape index (κ3) is 4.59. The fourth-order valence-electron chi connectivity index (χ4n) is 4.20. The van der Waals surface area contributed by atoms with Gasteiger partial charge in [0.15, 0.2) is 0 Å². The molecule has 2 aromatic rings. The molecule has 2 heterocycles. The molecule has 2 saturated heterocycles. The molecular formula is C23H25ClFN3O2. The Bertz CT molecular complexity index is 888. The molecule has 158 valence electrons. The lowest BCUT2D eigenvalue weighted by atomic mass is 9.94. The molecule has 2 aliphatic heterocycles. The van der Waals surface area contributed by atoms with E-state index in [0.29, 0.717) is 49.6 Å². The van der Waals surface area contributed by atoms with E-state index in [1.165, 1.54) is 12.1 Å². The lowest BCUT2D eigenvalue weighted by molar-refractivity contribution is -0.137. The van der Waals surface area contributed by atoms with Crippen LogP contribution in [0, 0.1) is 11.7 Å². The number of likely N-dealkylation sites (tertiary alicyclic amines) is 1. The molecule has 7 heteroatoms. The number of nitrogens with zero attached hydrogens (tertiary/aromatic N) is 3. The van der Waals surface area contributed by atoms with Crippen LogP contribution < -0.4 is 4.90 Å². The van der Waals surface area contributed by atoms with Gasteiger partial charge in [0, 0.05) is 61.5 Å². The van der Waals surface area contributed by atoms with Crippen molar-refractivity contribution in [2.45, 2.75) is 12.8 Å². The smallest absolute Gasteiger partial charge is 0.253 e. The van der Waals surface area contributed by atoms with Crippen molar-refractivity contribution in [2.75, 3.05) is 44.2 Å². The number of amides is 2. The lowest BCUT2D eigenvalue weighted by Gasteiger charge is -2.39. The Kier molecular flexibility index (Phi) is 6.23. The molecule has 2 aromatic carbocycles. The summed E-state index contributed by atoms with van der Waals surface area (Å²) in [6.07, 6.45) is 1.38. The Labute approximate surface area is 181 Å². The Hall–Kier alpha value is -2.60. The van der Waals surface area contributed by atoms with Crippen LogP contribution in [0.2, 0.25) is 5.02 Å². The number of halogens is 2. The maximum absolute atomic E-state index is 13.1. The van der Waals surface area contributed by atoms with Crippen LogP contribution in [0.5, 0.6) is 0 Å². The lowest BCUT2D eigenvalue weighted by Crippen LogP contribution is -2.52. The van der Waals surface area contributed by atoms with Crippen molar-refractivity contribution in [3.05, 3.63) is 64.9 Å². The van der Waals surface area contributed by atoms with Crippen LogP contribution in [0.1, 0.15) is 23.2 Å². The van der Waals surface area contributed by atoms with Crippen LogP contribution in [0.3, 0.4) is 0 Å². The molecule has 2 amide bonds. The fourth-order valence-corrected chi connectivity index (χ4v) is 4.33. The van der Waals surface area contributed by atoms with Crippen molar-refractivity contribution in [3.63, 3.8) is 0 Å². The van der Waals surface area contributed by atoms with Crippen LogP contribution in [0.15, 0.2) is 48.5 Å². The van der Waals surface area contributed by atoms with Crippen molar-refractivity contribution in [1.29, 1.82) is 0 Å². The second kappa shape index (κ2) is 9.04. The molecule has 0 spiro atoms. The first kappa shape index (κ1) is 20.7. The number of hydrogen-bond acceptors (Lipinski definition) is 3. The summed E-state index contributed by atoms with van der Waals surface area (Å²) < 4.78 is 13.1. The highest BCUT2D eigenvalue weighted by Gasteiger charge is 2.32. The van der Waals surface area contributed by atoms with E-state index in [9.17, 15) is 14.0 Å². The van der Waals surface area contributed by atoms with Gasteiger partial charge in [-0.15, -0.1) is 0 Å². The molecule has 2 fully saturated rings. The molecule has 30 heavy (non-hydrogen) atoms. The molecule has 0 aromatic heterocycles. The molecule has 0 atom stereocenters. The summed E-state index contributed by atoms with van der Waals surface area (Å²) in [5.41, 5.74) is 1.61. The summed E-state index contributed by atoms with van der Waals surface area (Å²) in [5.74, 6) is -0.0945. The topological polar surface area (TPSA) is 43.9 Å². The van der Waals surface area contributed by atoms with E-state index in [0.717, 1.165) is 18.8 Å². The van der Waals surface area contributed by atoms with Crippen molar-refractivity contribution in [2.24, 2.45) is 5.92 Å². The minimum atomic E-state index is -0.242. The van der Waals surface area contributed by atoms with Gasteiger partial charge in [-0.2, -0.15) is 0 Å². The molecule has 0 radical (unpaired) electrons. The SMILES string of the molecule is O=C(c1ccc(Cl)cc1)N1CCC(C(=O)N2CCN(c3ccc(F)cc3)CC2)CC1. The van der Waals surface area contributed by atoms with Crippen molar-refractivity contribution >= 4 is 29.1 Å². The van der Waals surface area contributed by atoms with Gasteiger partial charge in [0.25, 0.3) is 5.91 Å². The number of hydrogen-bond donors (Lipinski definition) is 0. The first-order valence-corrected chi connectivity index (χ1v) is 10.7. The number of piperidine rings is 1. The molecular weight excluding hydrogens is 405 g/mol. The minimum absolute atomic E-state index is 0.00882. The van der Waals surface area contributed by atoms with Gasteiger partial charge in [0.05, 0.1) is 0 Å². The summed E-state index contributed by atoms with van der Waals surface area (Å²) in [7, 11) is 0. The monoisotopic (exact) mass is 429 g/mol. The van der Waals surface area contributed by atoms with Gasteiger partial charge >= 0.3 is 0 Å². The van der Waals surface area contributed by atoms with E-state index in [1.807, 2.05) is 9.80 Å². The van der Waals surface area contributed by atoms with Crippen LogP contribution >= 0.6 is 11.6 Å². The Morgan fingerprint density at radius 2 is 1.40 bits per heavy atom. The second-order valence-electron chi connectivity index (χ2n) is 7.86. The van der Waals surface area contributed by atoms with Gasteiger partial charge in [-0.25, -0.2) is 4.39 Å². The van der Waals surface area contributed by atoms with Gasteiger partial charge in [-0.3, -0.25) is 9.59 Å². The standard InChI is InChI=1S/C23H25ClFN3O2/c24-19-3-1-17(2-4-19)22(29)27-11-9-18(10-12-27)23(30)28-15-13-26(14-16-28)21-7-5-20(25)6-8-21/h1-8,18H,9-16H2. The zero-order chi connectivity index (χ0) is 21.1. The summed E-state index contributed by atoms with van der Waals surface area (Å²) in [6.45, 7) is 4.00. The highest BCUT2D eigenvalue weighted by molar-refractivity contribution is 6.30. The summed E-state index contributed by atoms with van der Waals surface area (Å²) >= 11 is 5.89. The summed E-state index contributed by atoms with van der Waals surface area (Å²) in [4.78, 5) is 31.5. The van der Waals surface area contributed by atoms with Crippen molar-refractivity contribution in [3.8, 4) is 0 Å². The van der Waals surface area contributed by atoms with Gasteiger partial charge in [0.1, 0.15) is 5.82 Å². The average molecular weight is 430 g/mol. The first-order valence-electron chi connectivity index (χ1n) is 10.4. The van der Waals surface area contributed by atoms with Crippen LogP contribution in [-0.4, -0.2) is 60.9 Å². The van der Waals surface area contributed by atoms with Crippen molar-refractivity contribution in [1.82, 2.24) is 9.80 Å². The fraction of sp³-hybridized carbons (Fsp3) is 0.391. The highest BCUT2D eigenvalue weighted by atomic mass is 35.5. The normalized spacial score (nSPS) is 17.9. The molecule has 0 saturated carbocycles. The predicted molar refractivity (Wildman–Crippen MR) is 115 cm³/mol. The first-order chi connectivity index (χ1) is 14.5. The van der Waals surface area contributed by atoms with E-state index in [4.69, 9.17) is 11.6 Å². The third-order valence-corrected chi connectivity index (χ3v) is 6.26. The molecule has 2 aliphatic rings. The van der Waals surface area contributed by atoms with E-state index < -0.39 is 0 Å². The molecule has 0 aliphatic carbocycles. The Morgan fingerprint density at radius 3 is 2.00 bits per heavy atom. The van der Waals surface area contributed by atoms with E-state index in [1.54, 1.807) is 36.4 Å². The zero-order valence-electron chi connectivity index (χ0n) is 16.8. The number of benzene rings is 2. The Balaban J connectivity index is 1.27. The summed E-state index contributed by atoms with van der Waals surface area (Å²) in [5, 5.41) is 0.607. The maximum Gasteiger partial charge on any atom is 0.253 e. The molecule has 0 N–H and O–H groups in total. The number of rotatable bonds is 3. The number of anilines is 1. The van der Waals surface area contributed by atoms with E-state index >= 15 is 0 Å². The number of carbonyl (C=O) groups excluding carboxylic acids is 2. The predicted octanol–water partition coefficient (Wildman–Crippen LogP) is 3.68. The second-order valence-corrected chi connectivity index (χ2v) is 8.30. The van der Waals surface area contributed by atoms with Crippen LogP contribution in [0.25, 0.3) is 0 Å². The van der Waals surface area contributed by atoms with Gasteiger partial charge in [-0.1, -0.05) is 11.6 Å². The molecule has 0 bridgehead atoms. The van der Waals surface area contributed by atoms with Gasteiger partial charge < -0.3 is 14.7 Å². The quantitative estimate of drug-likeness (QED) is 0.747. The zero-order valence-corrected chi connectivity index (χ0v) is 17.5. The van der Waals surface area contributed by atoms with Crippen LogP contribution in [0.4, 0.5) is 10.1 Å². The van der Waals surface area contributed by atoms with Crippen LogP contribution in [-0.2, 0) is 4.79 Å². The Morgan fingerprint density at radius 1 is 0.800 bits per heavy atom. The largest absolute Gasteiger partial charge is 0.368 e. The number of piperazine rings is 1. The maximum atomic E-state index is 13.1. The highest BCUT2D eigenvalue weighted by Crippen LogP contribution is 2.23. The van der Waals surface area contributed by atoms with Gasteiger partial charge in [0.2, 0.25) is 5.91 Å². The van der Waals surface area contributed by atoms with Crippen molar-refractivity contribution < 1.29 is 14.0 Å². The van der Waals surface area contributed by atoms with E-state index in [-0.39, 0.29) is 23.5 Å². The third-order valence-electron chi connectivity index (χ3n) is 6.01. The van der Waals surface area contributed by atoms with Gasteiger partial charge in [-0.05, 0) is 61.4 Å². The number of carbonyl (C=O) groups is 2. The molecule has 4 rings (SSSR count). The minimum Gasteiger partial charge on any atom is -0.368 e. The summed E-state index contributed by atoms with van der Waals surface area (Å²) in [6, 6.07) is 13.4. The average Bonchev–Trinajstić information content (AvgIpc) is 2.79.